The first-order chi connectivity index (χ1) is 8.50. The zero-order chi connectivity index (χ0) is 13.2. The Balaban J connectivity index is 2.04. The smallest absolute Gasteiger partial charge is 0.272 e. The summed E-state index contributed by atoms with van der Waals surface area (Å²) in [5.41, 5.74) is 0.571. The quantitative estimate of drug-likeness (QED) is 0.887. The average molecular weight is 248 g/mol. The van der Waals surface area contributed by atoms with Gasteiger partial charge in [0.2, 0.25) is 0 Å². The highest BCUT2D eigenvalue weighted by molar-refractivity contribution is 5.92. The number of aromatic nitrogens is 1. The van der Waals surface area contributed by atoms with E-state index < -0.39 is 5.60 Å². The van der Waals surface area contributed by atoms with Crippen molar-refractivity contribution < 1.29 is 9.90 Å². The molecule has 1 heterocycles. The van der Waals surface area contributed by atoms with Crippen molar-refractivity contribution in [1.29, 1.82) is 0 Å². The fourth-order valence-electron chi connectivity index (χ4n) is 2.56. The van der Waals surface area contributed by atoms with Crippen LogP contribution in [0, 0.1) is 6.92 Å². The van der Waals surface area contributed by atoms with Crippen molar-refractivity contribution in [2.45, 2.75) is 38.2 Å². The van der Waals surface area contributed by atoms with Gasteiger partial charge in [-0.25, -0.2) is 4.98 Å². The number of likely N-dealkylation sites (N-methyl/N-ethyl adjacent to an activating group) is 1. The van der Waals surface area contributed by atoms with Crippen LogP contribution >= 0.6 is 0 Å². The Morgan fingerprint density at radius 2 is 2.11 bits per heavy atom. The third-order valence-corrected chi connectivity index (χ3v) is 3.52. The Hall–Kier alpha value is -1.42. The maximum absolute atomic E-state index is 12.2. The largest absolute Gasteiger partial charge is 0.388 e. The van der Waals surface area contributed by atoms with E-state index >= 15 is 0 Å². The van der Waals surface area contributed by atoms with Gasteiger partial charge < -0.3 is 10.0 Å². The number of hydrogen-bond acceptors (Lipinski definition) is 3. The highest BCUT2D eigenvalue weighted by Crippen LogP contribution is 2.30. The molecule has 4 heteroatoms. The van der Waals surface area contributed by atoms with Crippen LogP contribution in [0.15, 0.2) is 18.2 Å². The van der Waals surface area contributed by atoms with E-state index in [0.29, 0.717) is 12.2 Å². The molecule has 0 aromatic carbocycles. The van der Waals surface area contributed by atoms with Gasteiger partial charge >= 0.3 is 0 Å². The first-order valence-corrected chi connectivity index (χ1v) is 6.42. The summed E-state index contributed by atoms with van der Waals surface area (Å²) >= 11 is 0. The molecule has 0 unspecified atom stereocenters. The normalized spacial score (nSPS) is 17.7. The summed E-state index contributed by atoms with van der Waals surface area (Å²) in [4.78, 5) is 18.0. The van der Waals surface area contributed by atoms with E-state index in [1.165, 1.54) is 0 Å². The summed E-state index contributed by atoms with van der Waals surface area (Å²) in [5.74, 6) is -0.126. The summed E-state index contributed by atoms with van der Waals surface area (Å²) in [6.45, 7) is 2.25. The molecule has 4 nitrogen and oxygen atoms in total. The number of carbonyl (C=O) groups excluding carboxylic acids is 1. The molecule has 0 radical (unpaired) electrons. The SMILES string of the molecule is Cc1cccc(C(=O)N(C)CC2(O)CCCC2)n1. The zero-order valence-corrected chi connectivity index (χ0v) is 11.0. The van der Waals surface area contributed by atoms with Crippen LogP contribution in [0.1, 0.15) is 41.9 Å². The summed E-state index contributed by atoms with van der Waals surface area (Å²) in [7, 11) is 1.72. The molecule has 1 amide bonds. The first kappa shape index (κ1) is 13.0. The molecule has 1 saturated carbocycles. The van der Waals surface area contributed by atoms with Crippen molar-refractivity contribution in [3.63, 3.8) is 0 Å². The standard InChI is InChI=1S/C14H20N2O2/c1-11-6-5-7-12(15-11)13(17)16(2)10-14(18)8-3-4-9-14/h5-7,18H,3-4,8-10H2,1-2H3. The molecule has 2 rings (SSSR count). The van der Waals surface area contributed by atoms with Crippen LogP contribution in [0.4, 0.5) is 0 Å². The van der Waals surface area contributed by atoms with E-state index in [2.05, 4.69) is 4.98 Å². The average Bonchev–Trinajstić information content (AvgIpc) is 2.74. The molecular weight excluding hydrogens is 228 g/mol. The number of aryl methyl sites for hydroxylation is 1. The molecule has 0 aliphatic heterocycles. The van der Waals surface area contributed by atoms with Gasteiger partial charge in [0.05, 0.1) is 5.60 Å². The second-order valence-electron chi connectivity index (χ2n) is 5.26. The highest BCUT2D eigenvalue weighted by atomic mass is 16.3. The molecule has 1 aromatic heterocycles. The third-order valence-electron chi connectivity index (χ3n) is 3.52. The van der Waals surface area contributed by atoms with Gasteiger partial charge in [-0.2, -0.15) is 0 Å². The summed E-state index contributed by atoms with van der Waals surface area (Å²) in [6, 6.07) is 5.40. The van der Waals surface area contributed by atoms with Crippen LogP contribution in [-0.4, -0.2) is 40.1 Å². The van der Waals surface area contributed by atoms with Gasteiger partial charge in [0.25, 0.3) is 5.91 Å². The topological polar surface area (TPSA) is 53.4 Å². The predicted octanol–water partition coefficient (Wildman–Crippen LogP) is 1.77. The molecule has 1 fully saturated rings. The Bertz CT molecular complexity index is 439. The van der Waals surface area contributed by atoms with E-state index in [1.807, 2.05) is 19.1 Å². The molecule has 1 aliphatic carbocycles. The molecule has 0 bridgehead atoms. The Labute approximate surface area is 108 Å². The molecule has 18 heavy (non-hydrogen) atoms. The minimum atomic E-state index is -0.700. The van der Waals surface area contributed by atoms with Crippen molar-refractivity contribution in [1.82, 2.24) is 9.88 Å². The first-order valence-electron chi connectivity index (χ1n) is 6.42. The number of aliphatic hydroxyl groups is 1. The zero-order valence-electron chi connectivity index (χ0n) is 11.0. The fraction of sp³-hybridized carbons (Fsp3) is 0.571. The van der Waals surface area contributed by atoms with Crippen molar-refractivity contribution in [3.8, 4) is 0 Å². The van der Waals surface area contributed by atoms with Crippen molar-refractivity contribution >= 4 is 5.91 Å². The van der Waals surface area contributed by atoms with Gasteiger partial charge in [-0.15, -0.1) is 0 Å². The van der Waals surface area contributed by atoms with Crippen LogP contribution < -0.4 is 0 Å². The van der Waals surface area contributed by atoms with E-state index in [1.54, 1.807) is 18.0 Å². The van der Waals surface area contributed by atoms with Gasteiger partial charge in [-0.3, -0.25) is 4.79 Å². The Kier molecular flexibility index (Phi) is 3.66. The lowest BCUT2D eigenvalue weighted by Crippen LogP contribution is -2.42. The molecule has 0 spiro atoms. The van der Waals surface area contributed by atoms with Crippen LogP contribution in [0.5, 0.6) is 0 Å². The van der Waals surface area contributed by atoms with Crippen molar-refractivity contribution in [2.24, 2.45) is 0 Å². The molecule has 0 atom stereocenters. The molecule has 0 saturated heterocycles. The molecule has 1 aromatic rings. The number of hydrogen-bond donors (Lipinski definition) is 1. The Morgan fingerprint density at radius 1 is 1.44 bits per heavy atom. The van der Waals surface area contributed by atoms with Gasteiger partial charge in [0.15, 0.2) is 0 Å². The fourth-order valence-corrected chi connectivity index (χ4v) is 2.56. The molecular formula is C14H20N2O2. The van der Waals surface area contributed by atoms with Crippen LogP contribution in [0.2, 0.25) is 0 Å². The van der Waals surface area contributed by atoms with Gasteiger partial charge in [0, 0.05) is 19.3 Å². The number of nitrogens with zero attached hydrogens (tertiary/aromatic N) is 2. The second-order valence-corrected chi connectivity index (χ2v) is 5.26. The van der Waals surface area contributed by atoms with E-state index in [0.717, 1.165) is 31.4 Å². The molecule has 98 valence electrons. The predicted molar refractivity (Wildman–Crippen MR) is 69.4 cm³/mol. The highest BCUT2D eigenvalue weighted by Gasteiger charge is 2.33. The van der Waals surface area contributed by atoms with Crippen LogP contribution in [0.25, 0.3) is 0 Å². The number of pyridine rings is 1. The number of amides is 1. The second kappa shape index (κ2) is 5.06. The maximum Gasteiger partial charge on any atom is 0.272 e. The summed E-state index contributed by atoms with van der Waals surface area (Å²) in [5, 5.41) is 10.3. The minimum absolute atomic E-state index is 0.126. The van der Waals surface area contributed by atoms with E-state index in [9.17, 15) is 9.90 Å². The summed E-state index contributed by atoms with van der Waals surface area (Å²) in [6.07, 6.45) is 3.65. The molecule has 1 N–H and O–H groups in total. The van der Waals surface area contributed by atoms with E-state index in [4.69, 9.17) is 0 Å². The van der Waals surface area contributed by atoms with Crippen LogP contribution in [-0.2, 0) is 0 Å². The lowest BCUT2D eigenvalue weighted by atomic mass is 10.0. The van der Waals surface area contributed by atoms with Crippen molar-refractivity contribution in [3.05, 3.63) is 29.6 Å². The number of carbonyl (C=O) groups is 1. The lowest BCUT2D eigenvalue weighted by Gasteiger charge is -2.28. The lowest BCUT2D eigenvalue weighted by molar-refractivity contribution is 0.0155. The molecule has 1 aliphatic rings. The minimum Gasteiger partial charge on any atom is -0.388 e. The van der Waals surface area contributed by atoms with Gasteiger partial charge in [0.1, 0.15) is 5.69 Å². The van der Waals surface area contributed by atoms with Crippen LogP contribution in [0.3, 0.4) is 0 Å². The van der Waals surface area contributed by atoms with E-state index in [-0.39, 0.29) is 5.91 Å². The number of rotatable bonds is 3. The monoisotopic (exact) mass is 248 g/mol. The third kappa shape index (κ3) is 2.88. The maximum atomic E-state index is 12.2. The van der Waals surface area contributed by atoms with Crippen molar-refractivity contribution in [2.75, 3.05) is 13.6 Å². The summed E-state index contributed by atoms with van der Waals surface area (Å²) < 4.78 is 0. The van der Waals surface area contributed by atoms with Gasteiger partial charge in [-0.1, -0.05) is 18.9 Å². The Morgan fingerprint density at radius 3 is 2.72 bits per heavy atom. The van der Waals surface area contributed by atoms with Gasteiger partial charge in [-0.05, 0) is 31.9 Å².